The van der Waals surface area contributed by atoms with Gasteiger partial charge in [0, 0.05) is 36.9 Å². The molecule has 0 aliphatic carbocycles. The summed E-state index contributed by atoms with van der Waals surface area (Å²) in [7, 11) is 0. The zero-order valence-corrected chi connectivity index (χ0v) is 37.1. The van der Waals surface area contributed by atoms with E-state index in [9.17, 15) is 0 Å². The average molecular weight is 870 g/mol. The topological polar surface area (TPSA) is 38.7 Å². The minimum absolute atomic E-state index is 0.618. The van der Waals surface area contributed by atoms with Crippen molar-refractivity contribution in [3.05, 3.63) is 237 Å². The van der Waals surface area contributed by atoms with E-state index in [1.807, 2.05) is 17.4 Å². The highest BCUT2D eigenvalue weighted by molar-refractivity contribution is 7.26. The highest BCUT2D eigenvalue weighted by atomic mass is 32.1. The first kappa shape index (κ1) is 38.9. The average Bonchev–Trinajstić information content (AvgIpc) is 3.79. The van der Waals surface area contributed by atoms with Gasteiger partial charge in [0.05, 0.1) is 0 Å². The molecule has 67 heavy (non-hydrogen) atoms. The highest BCUT2D eigenvalue weighted by Gasteiger charge is 2.18. The molecule has 2 heterocycles. The second-order valence-electron chi connectivity index (χ2n) is 17.1. The summed E-state index contributed by atoms with van der Waals surface area (Å²) in [6.07, 6.45) is 0. The van der Waals surface area contributed by atoms with E-state index in [0.717, 1.165) is 44.5 Å². The molecule has 0 fully saturated rings. The molecule has 312 valence electrons. The number of benzene rings is 11. The van der Waals surface area contributed by atoms with E-state index in [2.05, 4.69) is 231 Å². The number of hydrogen-bond donors (Lipinski definition) is 0. The van der Waals surface area contributed by atoms with Crippen molar-refractivity contribution >= 4 is 63.8 Å². The Morgan fingerprint density at radius 2 is 0.791 bits per heavy atom. The Hall–Kier alpha value is -8.57. The lowest BCUT2D eigenvalue weighted by Crippen LogP contribution is -2.01. The Morgan fingerprint density at radius 1 is 0.254 bits per heavy atom. The quantitative estimate of drug-likeness (QED) is 0.118. The summed E-state index contributed by atoms with van der Waals surface area (Å²) in [4.78, 5) is 15.8. The summed E-state index contributed by atoms with van der Waals surface area (Å²) in [5.74, 6) is 1.87. The van der Waals surface area contributed by atoms with Gasteiger partial charge in [0.2, 0.25) is 0 Å². The van der Waals surface area contributed by atoms with Crippen LogP contribution in [0.1, 0.15) is 0 Å². The van der Waals surface area contributed by atoms with Gasteiger partial charge < -0.3 is 0 Å². The number of aromatic nitrogens is 3. The van der Waals surface area contributed by atoms with E-state index in [1.165, 1.54) is 69.2 Å². The van der Waals surface area contributed by atoms with E-state index in [4.69, 9.17) is 15.0 Å². The maximum atomic E-state index is 5.28. The highest BCUT2D eigenvalue weighted by Crippen LogP contribution is 2.43. The number of rotatable bonds is 7. The van der Waals surface area contributed by atoms with Crippen LogP contribution in [0, 0.1) is 0 Å². The smallest absolute Gasteiger partial charge is 0.164 e. The van der Waals surface area contributed by atoms with E-state index in [1.54, 1.807) is 0 Å². The molecule has 0 aliphatic heterocycles. The lowest BCUT2D eigenvalue weighted by molar-refractivity contribution is 1.07. The number of fused-ring (bicyclic) bond motifs is 7. The SMILES string of the molecule is c1ccc(-c2ccccc2-c2nc(-c3ccc(-c4cccc5c4sc4ccccc45)cc3)nc(-c3cccc(-c4cccc(-c5c6ccccc6cc6c5ccc5ccccc56)c4)c3)n2)cc1. The molecule has 0 spiro atoms. The molecule has 0 unspecified atom stereocenters. The van der Waals surface area contributed by atoms with Crippen molar-refractivity contribution in [1.29, 1.82) is 0 Å². The van der Waals surface area contributed by atoms with Gasteiger partial charge in [0.25, 0.3) is 0 Å². The molecule has 0 saturated carbocycles. The molecular weight excluding hydrogens is 831 g/mol. The van der Waals surface area contributed by atoms with Crippen LogP contribution >= 0.6 is 11.3 Å². The lowest BCUT2D eigenvalue weighted by Gasteiger charge is -2.15. The van der Waals surface area contributed by atoms with Crippen LogP contribution in [0.5, 0.6) is 0 Å². The van der Waals surface area contributed by atoms with Gasteiger partial charge in [-0.05, 0) is 101 Å². The summed E-state index contributed by atoms with van der Waals surface area (Å²) in [5, 5.41) is 10.1. The number of nitrogens with zero attached hydrogens (tertiary/aromatic N) is 3. The molecule has 3 nitrogen and oxygen atoms in total. The molecular formula is C63H39N3S. The molecule has 0 atom stereocenters. The third-order valence-electron chi connectivity index (χ3n) is 13.1. The normalized spacial score (nSPS) is 11.6. The molecule has 0 N–H and O–H groups in total. The van der Waals surface area contributed by atoms with Crippen molar-refractivity contribution < 1.29 is 0 Å². The fourth-order valence-electron chi connectivity index (χ4n) is 9.90. The van der Waals surface area contributed by atoms with E-state index in [0.29, 0.717) is 17.5 Å². The van der Waals surface area contributed by atoms with Gasteiger partial charge in [-0.3, -0.25) is 0 Å². The van der Waals surface area contributed by atoms with Crippen LogP contribution in [-0.4, -0.2) is 15.0 Å². The van der Waals surface area contributed by atoms with E-state index in [-0.39, 0.29) is 0 Å². The third-order valence-corrected chi connectivity index (χ3v) is 14.3. The molecule has 2 aromatic heterocycles. The van der Waals surface area contributed by atoms with Gasteiger partial charge in [-0.25, -0.2) is 15.0 Å². The molecule has 4 heteroatoms. The monoisotopic (exact) mass is 869 g/mol. The standard InChI is InChI=1S/C63H39N3S/c1-2-15-40(16-3-1)49-23-8-9-27-56(49)63-65-61(43-33-31-42(32-34-43)52-28-14-29-55-53-26-10-11-30-58(53)67-60(52)55)64-62(66-63)48-22-13-20-45(38-48)44-19-12-21-47(37-44)59-51-25-7-5-18-46(51)39-57-50-24-6-4-17-41(50)35-36-54(57)59/h1-39H. The molecule has 0 bridgehead atoms. The van der Waals surface area contributed by atoms with Crippen LogP contribution in [0.4, 0.5) is 0 Å². The van der Waals surface area contributed by atoms with Crippen LogP contribution in [-0.2, 0) is 0 Å². The van der Waals surface area contributed by atoms with Crippen LogP contribution < -0.4 is 0 Å². The first-order valence-corrected chi connectivity index (χ1v) is 23.5. The van der Waals surface area contributed by atoms with Crippen molar-refractivity contribution in [2.45, 2.75) is 0 Å². The molecule has 13 rings (SSSR count). The second-order valence-corrected chi connectivity index (χ2v) is 18.1. The van der Waals surface area contributed by atoms with Gasteiger partial charge in [0.1, 0.15) is 0 Å². The van der Waals surface area contributed by atoms with Crippen LogP contribution in [0.2, 0.25) is 0 Å². The summed E-state index contributed by atoms with van der Waals surface area (Å²) in [6, 6.07) is 84.7. The zero-order chi connectivity index (χ0) is 44.3. The van der Waals surface area contributed by atoms with Gasteiger partial charge in [-0.15, -0.1) is 11.3 Å². The fraction of sp³-hybridized carbons (Fsp3) is 0. The van der Waals surface area contributed by atoms with Crippen molar-refractivity contribution in [3.8, 4) is 78.7 Å². The van der Waals surface area contributed by atoms with Gasteiger partial charge in [0.15, 0.2) is 17.5 Å². The van der Waals surface area contributed by atoms with E-state index >= 15 is 0 Å². The Bertz CT molecular complexity index is 4040. The summed E-state index contributed by atoms with van der Waals surface area (Å²) in [6.45, 7) is 0. The van der Waals surface area contributed by atoms with Crippen molar-refractivity contribution in [3.63, 3.8) is 0 Å². The number of hydrogen-bond acceptors (Lipinski definition) is 4. The van der Waals surface area contributed by atoms with Crippen LogP contribution in [0.15, 0.2) is 237 Å². The molecule has 13 aromatic rings. The summed E-state index contributed by atoms with van der Waals surface area (Å²) >= 11 is 1.85. The van der Waals surface area contributed by atoms with Gasteiger partial charge in [-0.2, -0.15) is 0 Å². The minimum atomic E-state index is 0.618. The minimum Gasteiger partial charge on any atom is -0.208 e. The third kappa shape index (κ3) is 6.86. The maximum Gasteiger partial charge on any atom is 0.164 e. The predicted octanol–water partition coefficient (Wildman–Crippen LogP) is 17.4. The molecule has 0 amide bonds. The first-order valence-electron chi connectivity index (χ1n) is 22.7. The Morgan fingerprint density at radius 3 is 1.61 bits per heavy atom. The summed E-state index contributed by atoms with van der Waals surface area (Å²) < 4.78 is 2.59. The maximum absolute atomic E-state index is 5.28. The van der Waals surface area contributed by atoms with Gasteiger partial charge >= 0.3 is 0 Å². The summed E-state index contributed by atoms with van der Waals surface area (Å²) in [5.41, 5.74) is 12.0. The van der Waals surface area contributed by atoms with E-state index < -0.39 is 0 Å². The molecule has 0 saturated heterocycles. The predicted molar refractivity (Wildman–Crippen MR) is 283 cm³/mol. The Labute approximate surface area is 392 Å². The molecule has 0 radical (unpaired) electrons. The van der Waals surface area contributed by atoms with Crippen LogP contribution in [0.3, 0.4) is 0 Å². The van der Waals surface area contributed by atoms with Crippen molar-refractivity contribution in [2.24, 2.45) is 0 Å². The molecule has 0 aliphatic rings. The first-order chi connectivity index (χ1) is 33.2. The molecule has 11 aromatic carbocycles. The Balaban J connectivity index is 0.936. The zero-order valence-electron chi connectivity index (χ0n) is 36.3. The van der Waals surface area contributed by atoms with Crippen LogP contribution in [0.25, 0.3) is 131 Å². The Kier molecular flexibility index (Phi) is 9.36. The van der Waals surface area contributed by atoms with Gasteiger partial charge in [-0.1, -0.05) is 212 Å². The van der Waals surface area contributed by atoms with Crippen molar-refractivity contribution in [2.75, 3.05) is 0 Å². The van der Waals surface area contributed by atoms with Crippen molar-refractivity contribution in [1.82, 2.24) is 15.0 Å². The largest absolute Gasteiger partial charge is 0.208 e. The number of thiophene rings is 1. The fourth-order valence-corrected chi connectivity index (χ4v) is 11.1. The lowest BCUT2D eigenvalue weighted by atomic mass is 9.89. The second kappa shape index (κ2) is 16.1.